The molecule has 3 aromatic rings. The molecular formula is C19H22N4O2. The molecule has 0 unspecified atom stereocenters. The molecule has 1 saturated carbocycles. The van der Waals surface area contributed by atoms with Gasteiger partial charge < -0.3 is 9.73 Å². The molecule has 0 aliphatic heterocycles. The molecule has 25 heavy (non-hydrogen) atoms. The molecule has 0 bridgehead atoms. The highest BCUT2D eigenvalue weighted by atomic mass is 16.3. The summed E-state index contributed by atoms with van der Waals surface area (Å²) in [6.07, 6.45) is 5.63. The lowest BCUT2D eigenvalue weighted by Gasteiger charge is -2.13. The molecule has 6 nitrogen and oxygen atoms in total. The molecule has 1 atom stereocenters. The molecule has 0 radical (unpaired) electrons. The van der Waals surface area contributed by atoms with Crippen LogP contribution in [0.5, 0.6) is 0 Å². The summed E-state index contributed by atoms with van der Waals surface area (Å²) in [7, 11) is 0. The standard InChI is InChI=1S/C19H22N4O2/c1-11(2)23-18-15(10-20-23)14(9-16(22-18)13-6-7-13)19(24)21-12(3)17-5-4-8-25-17/h4-5,8-13H,6-7H2,1-3H3,(H,21,24)/t12-/m1/s1. The van der Waals surface area contributed by atoms with Crippen molar-refractivity contribution in [3.8, 4) is 0 Å². The van der Waals surface area contributed by atoms with Crippen molar-refractivity contribution in [3.63, 3.8) is 0 Å². The molecule has 6 heteroatoms. The van der Waals surface area contributed by atoms with Gasteiger partial charge in [0.15, 0.2) is 5.65 Å². The van der Waals surface area contributed by atoms with Crippen LogP contribution in [0, 0.1) is 0 Å². The summed E-state index contributed by atoms with van der Waals surface area (Å²) in [6, 6.07) is 5.60. The van der Waals surface area contributed by atoms with Gasteiger partial charge >= 0.3 is 0 Å². The normalized spacial score (nSPS) is 15.7. The highest BCUT2D eigenvalue weighted by molar-refractivity contribution is 6.05. The fourth-order valence-corrected chi connectivity index (χ4v) is 3.07. The summed E-state index contributed by atoms with van der Waals surface area (Å²) in [5.74, 6) is 1.08. The number of carbonyl (C=O) groups excluding carboxylic acids is 1. The number of rotatable bonds is 5. The van der Waals surface area contributed by atoms with Gasteiger partial charge in [0.2, 0.25) is 0 Å². The largest absolute Gasteiger partial charge is 0.467 e. The van der Waals surface area contributed by atoms with Crippen molar-refractivity contribution in [1.29, 1.82) is 0 Å². The number of nitrogens with zero attached hydrogens (tertiary/aromatic N) is 3. The fourth-order valence-electron chi connectivity index (χ4n) is 3.07. The maximum Gasteiger partial charge on any atom is 0.252 e. The predicted molar refractivity (Wildman–Crippen MR) is 94.5 cm³/mol. The van der Waals surface area contributed by atoms with Crippen LogP contribution in [0.1, 0.15) is 73.4 Å². The third-order valence-electron chi connectivity index (χ3n) is 4.63. The molecule has 1 aliphatic rings. The molecule has 3 heterocycles. The van der Waals surface area contributed by atoms with Crippen LogP contribution in [0.15, 0.2) is 35.1 Å². The predicted octanol–water partition coefficient (Wildman–Crippen LogP) is 3.97. The van der Waals surface area contributed by atoms with Gasteiger partial charge in [-0.05, 0) is 51.8 Å². The first-order valence-corrected chi connectivity index (χ1v) is 8.77. The van der Waals surface area contributed by atoms with E-state index in [1.165, 1.54) is 0 Å². The van der Waals surface area contributed by atoms with Crippen LogP contribution in [0.3, 0.4) is 0 Å². The molecule has 3 aromatic heterocycles. The molecule has 0 spiro atoms. The van der Waals surface area contributed by atoms with Gasteiger partial charge in [-0.15, -0.1) is 0 Å². The van der Waals surface area contributed by atoms with E-state index in [0.29, 0.717) is 11.5 Å². The minimum Gasteiger partial charge on any atom is -0.467 e. The second-order valence-electron chi connectivity index (χ2n) is 7.00. The number of hydrogen-bond donors (Lipinski definition) is 1. The Bertz CT molecular complexity index is 907. The van der Waals surface area contributed by atoms with Crippen LogP contribution in [0.2, 0.25) is 0 Å². The monoisotopic (exact) mass is 338 g/mol. The average Bonchev–Trinajstić information content (AvgIpc) is 3.11. The highest BCUT2D eigenvalue weighted by Gasteiger charge is 2.28. The number of amides is 1. The van der Waals surface area contributed by atoms with Gasteiger partial charge in [-0.3, -0.25) is 4.79 Å². The minimum absolute atomic E-state index is 0.124. The number of nitrogens with one attached hydrogen (secondary N) is 1. The Balaban J connectivity index is 1.73. The van der Waals surface area contributed by atoms with E-state index in [9.17, 15) is 4.79 Å². The zero-order chi connectivity index (χ0) is 17.6. The Kier molecular flexibility index (Phi) is 3.82. The molecule has 1 fully saturated rings. The van der Waals surface area contributed by atoms with Crippen molar-refractivity contribution in [2.24, 2.45) is 0 Å². The SMILES string of the molecule is CC(C)n1ncc2c(C(=O)N[C@H](C)c3ccco3)cc(C3CC3)nc21. The molecular weight excluding hydrogens is 316 g/mol. The Morgan fingerprint density at radius 1 is 1.36 bits per heavy atom. The molecule has 1 amide bonds. The van der Waals surface area contributed by atoms with E-state index in [4.69, 9.17) is 9.40 Å². The number of furan rings is 1. The summed E-state index contributed by atoms with van der Waals surface area (Å²) < 4.78 is 7.27. The molecule has 0 saturated heterocycles. The van der Waals surface area contributed by atoms with Gasteiger partial charge in [-0.2, -0.15) is 5.10 Å². The van der Waals surface area contributed by atoms with Crippen LogP contribution >= 0.6 is 0 Å². The summed E-state index contributed by atoms with van der Waals surface area (Å²) in [5.41, 5.74) is 2.41. The van der Waals surface area contributed by atoms with E-state index < -0.39 is 0 Å². The van der Waals surface area contributed by atoms with Crippen LogP contribution in [-0.4, -0.2) is 20.7 Å². The summed E-state index contributed by atoms with van der Waals surface area (Å²) in [4.78, 5) is 17.7. The lowest BCUT2D eigenvalue weighted by atomic mass is 10.1. The molecule has 0 aromatic carbocycles. The van der Waals surface area contributed by atoms with Gasteiger partial charge in [0.25, 0.3) is 5.91 Å². The minimum atomic E-state index is -0.199. The van der Waals surface area contributed by atoms with Crippen molar-refractivity contribution in [1.82, 2.24) is 20.1 Å². The maximum atomic E-state index is 12.9. The first-order chi connectivity index (χ1) is 12.0. The lowest BCUT2D eigenvalue weighted by Crippen LogP contribution is -2.26. The van der Waals surface area contributed by atoms with Gasteiger partial charge in [-0.25, -0.2) is 9.67 Å². The Hall–Kier alpha value is -2.63. The van der Waals surface area contributed by atoms with E-state index in [2.05, 4.69) is 24.3 Å². The Morgan fingerprint density at radius 2 is 2.16 bits per heavy atom. The maximum absolute atomic E-state index is 12.9. The topological polar surface area (TPSA) is 73.0 Å². The summed E-state index contributed by atoms with van der Waals surface area (Å²) in [5, 5.41) is 8.26. The number of aromatic nitrogens is 3. The second kappa shape index (κ2) is 6.02. The number of carbonyl (C=O) groups is 1. The van der Waals surface area contributed by atoms with Crippen LogP contribution < -0.4 is 5.32 Å². The van der Waals surface area contributed by atoms with Gasteiger partial charge in [0, 0.05) is 17.7 Å². The number of fused-ring (bicyclic) bond motifs is 1. The van der Waals surface area contributed by atoms with Crippen molar-refractivity contribution in [3.05, 3.63) is 47.7 Å². The average molecular weight is 338 g/mol. The highest BCUT2D eigenvalue weighted by Crippen LogP contribution is 2.40. The van der Waals surface area contributed by atoms with Crippen LogP contribution in [0.4, 0.5) is 0 Å². The van der Waals surface area contributed by atoms with Crippen molar-refractivity contribution < 1.29 is 9.21 Å². The zero-order valence-corrected chi connectivity index (χ0v) is 14.7. The van der Waals surface area contributed by atoms with Crippen molar-refractivity contribution >= 4 is 16.9 Å². The Labute approximate surface area is 146 Å². The Morgan fingerprint density at radius 3 is 2.80 bits per heavy atom. The fraction of sp³-hybridized carbons (Fsp3) is 0.421. The third kappa shape index (κ3) is 2.92. The van der Waals surface area contributed by atoms with Crippen molar-refractivity contribution in [2.45, 2.75) is 51.6 Å². The number of pyridine rings is 1. The summed E-state index contributed by atoms with van der Waals surface area (Å²) in [6.45, 7) is 6.04. The first kappa shape index (κ1) is 15.9. The van der Waals surface area contributed by atoms with Gasteiger partial charge in [0.05, 0.1) is 29.5 Å². The quantitative estimate of drug-likeness (QED) is 0.764. The second-order valence-corrected chi connectivity index (χ2v) is 7.00. The van der Waals surface area contributed by atoms with Crippen LogP contribution in [-0.2, 0) is 0 Å². The smallest absolute Gasteiger partial charge is 0.252 e. The van der Waals surface area contributed by atoms with E-state index in [1.807, 2.05) is 29.8 Å². The molecule has 1 N–H and O–H groups in total. The molecule has 130 valence electrons. The molecule has 1 aliphatic carbocycles. The van der Waals surface area contributed by atoms with E-state index in [-0.39, 0.29) is 18.0 Å². The third-order valence-corrected chi connectivity index (χ3v) is 4.63. The van der Waals surface area contributed by atoms with Crippen LogP contribution in [0.25, 0.3) is 11.0 Å². The first-order valence-electron chi connectivity index (χ1n) is 8.77. The van der Waals surface area contributed by atoms with E-state index in [0.717, 1.165) is 35.3 Å². The lowest BCUT2D eigenvalue weighted by molar-refractivity contribution is 0.0937. The van der Waals surface area contributed by atoms with Crippen molar-refractivity contribution in [2.75, 3.05) is 0 Å². The van der Waals surface area contributed by atoms with Gasteiger partial charge in [0.1, 0.15) is 5.76 Å². The zero-order valence-electron chi connectivity index (χ0n) is 14.7. The summed E-state index contributed by atoms with van der Waals surface area (Å²) >= 11 is 0. The molecule has 4 rings (SSSR count). The van der Waals surface area contributed by atoms with E-state index >= 15 is 0 Å². The van der Waals surface area contributed by atoms with E-state index in [1.54, 1.807) is 12.5 Å². The van der Waals surface area contributed by atoms with Gasteiger partial charge in [-0.1, -0.05) is 0 Å². The number of hydrogen-bond acceptors (Lipinski definition) is 4.